The number of hydrogen-bond donors (Lipinski definition) is 3. The molecule has 1 atom stereocenters. The second-order valence-electron chi connectivity index (χ2n) is 6.18. The number of anilines is 1. The molecule has 1 unspecified atom stereocenters. The zero-order valence-electron chi connectivity index (χ0n) is 14.6. The van der Waals surface area contributed by atoms with Crippen molar-refractivity contribution in [3.05, 3.63) is 41.7 Å². The van der Waals surface area contributed by atoms with Crippen LogP contribution in [0.1, 0.15) is 28.8 Å². The fourth-order valence-electron chi connectivity index (χ4n) is 3.12. The summed E-state index contributed by atoms with van der Waals surface area (Å²) in [6.07, 6.45) is 2.96. The van der Waals surface area contributed by atoms with Crippen LogP contribution in [-0.2, 0) is 25.7 Å². The van der Waals surface area contributed by atoms with Crippen molar-refractivity contribution in [1.29, 1.82) is 0 Å². The van der Waals surface area contributed by atoms with E-state index in [1.54, 1.807) is 18.2 Å². The number of carbonyl (C=O) groups is 4. The van der Waals surface area contributed by atoms with Crippen LogP contribution in [-0.4, -0.2) is 47.7 Å². The van der Waals surface area contributed by atoms with Gasteiger partial charge in [-0.2, -0.15) is 0 Å². The zero-order valence-corrected chi connectivity index (χ0v) is 14.6. The predicted molar refractivity (Wildman–Crippen MR) is 95.3 cm³/mol. The minimum atomic E-state index is -0.698. The summed E-state index contributed by atoms with van der Waals surface area (Å²) in [5.41, 5.74) is 6.85. The van der Waals surface area contributed by atoms with E-state index < -0.39 is 17.9 Å². The molecule has 3 rings (SSSR count). The first-order valence-corrected chi connectivity index (χ1v) is 8.57. The van der Waals surface area contributed by atoms with Gasteiger partial charge in [0.1, 0.15) is 6.04 Å². The number of nitrogens with zero attached hydrogens (tertiary/aromatic N) is 1. The summed E-state index contributed by atoms with van der Waals surface area (Å²) in [6, 6.07) is 4.30. The van der Waals surface area contributed by atoms with Gasteiger partial charge in [0.05, 0.1) is 12.9 Å². The average molecular weight is 372 g/mol. The lowest BCUT2D eigenvalue weighted by atomic mass is 10.0. The van der Waals surface area contributed by atoms with Gasteiger partial charge < -0.3 is 20.7 Å². The van der Waals surface area contributed by atoms with E-state index in [-0.39, 0.29) is 31.2 Å². The minimum Gasteiger partial charge on any atom is -0.500 e. The third-order valence-electron chi connectivity index (χ3n) is 4.39. The van der Waals surface area contributed by atoms with Gasteiger partial charge in [0, 0.05) is 42.4 Å². The van der Waals surface area contributed by atoms with E-state index in [1.807, 2.05) is 0 Å². The maximum absolute atomic E-state index is 12.7. The highest BCUT2D eigenvalue weighted by molar-refractivity contribution is 6.07. The number of hydrogen-bond acceptors (Lipinski definition) is 6. The Hall–Kier alpha value is -3.20. The van der Waals surface area contributed by atoms with Gasteiger partial charge in [0.2, 0.25) is 11.8 Å². The van der Waals surface area contributed by atoms with Crippen LogP contribution in [0.2, 0.25) is 0 Å². The summed E-state index contributed by atoms with van der Waals surface area (Å²) >= 11 is 0. The second kappa shape index (κ2) is 8.00. The van der Waals surface area contributed by atoms with E-state index in [0.29, 0.717) is 30.0 Å². The maximum atomic E-state index is 12.7. The number of imide groups is 1. The molecule has 0 aliphatic carbocycles. The van der Waals surface area contributed by atoms with E-state index in [2.05, 4.69) is 10.6 Å². The number of rotatable bonds is 6. The topological polar surface area (TPSA) is 131 Å². The van der Waals surface area contributed by atoms with Gasteiger partial charge in [0.15, 0.2) is 0 Å². The molecule has 27 heavy (non-hydrogen) atoms. The van der Waals surface area contributed by atoms with Crippen LogP contribution >= 0.6 is 0 Å². The Kier molecular flexibility index (Phi) is 5.51. The first-order valence-electron chi connectivity index (χ1n) is 8.57. The summed E-state index contributed by atoms with van der Waals surface area (Å²) < 4.78 is 5.02. The predicted octanol–water partition coefficient (Wildman–Crippen LogP) is -0.125. The summed E-state index contributed by atoms with van der Waals surface area (Å²) in [7, 11) is 0. The van der Waals surface area contributed by atoms with Gasteiger partial charge in [-0.15, -0.1) is 0 Å². The van der Waals surface area contributed by atoms with Crippen LogP contribution in [0, 0.1) is 0 Å². The number of amides is 4. The van der Waals surface area contributed by atoms with Crippen molar-refractivity contribution in [2.24, 2.45) is 5.73 Å². The van der Waals surface area contributed by atoms with Crippen LogP contribution < -0.4 is 16.4 Å². The number of nitrogens with two attached hydrogens (primary N) is 1. The molecule has 0 aromatic heterocycles. The number of benzene rings is 1. The van der Waals surface area contributed by atoms with Gasteiger partial charge in [-0.25, -0.2) is 0 Å². The SMILES string of the molecule is NCCOC=CC(=O)Nc1cccc2c1CN(C1CCC(=O)NC1=O)C2=O. The molecule has 9 nitrogen and oxygen atoms in total. The number of piperidine rings is 1. The quantitative estimate of drug-likeness (QED) is 0.276. The van der Waals surface area contributed by atoms with Gasteiger partial charge in [0.25, 0.3) is 11.8 Å². The second-order valence-corrected chi connectivity index (χ2v) is 6.18. The standard InChI is InChI=1S/C18H20N4O5/c19-7-9-27-8-6-16(24)20-13-3-1-2-11-12(13)10-22(18(11)26)14-4-5-15(23)21-17(14)25/h1-3,6,8,14H,4-5,7,9-10,19H2,(H,20,24)(H,21,23,25). The molecule has 0 radical (unpaired) electrons. The molecule has 1 aromatic rings. The first kappa shape index (κ1) is 18.6. The van der Waals surface area contributed by atoms with Crippen molar-refractivity contribution in [3.63, 3.8) is 0 Å². The molecule has 2 aliphatic heterocycles. The fourth-order valence-corrected chi connectivity index (χ4v) is 3.12. The van der Waals surface area contributed by atoms with E-state index >= 15 is 0 Å². The number of nitrogens with one attached hydrogen (secondary N) is 2. The Labute approximate surface area is 155 Å². The molecule has 4 N–H and O–H groups in total. The Morgan fingerprint density at radius 3 is 2.93 bits per heavy atom. The molecule has 4 amide bonds. The Balaban J connectivity index is 1.74. The van der Waals surface area contributed by atoms with Crippen molar-refractivity contribution in [1.82, 2.24) is 10.2 Å². The van der Waals surface area contributed by atoms with Crippen LogP contribution in [0.3, 0.4) is 0 Å². The first-order chi connectivity index (χ1) is 13.0. The van der Waals surface area contributed by atoms with Gasteiger partial charge >= 0.3 is 0 Å². The Morgan fingerprint density at radius 1 is 1.37 bits per heavy atom. The van der Waals surface area contributed by atoms with Crippen molar-refractivity contribution in [2.75, 3.05) is 18.5 Å². The molecular formula is C18H20N4O5. The van der Waals surface area contributed by atoms with Crippen LogP contribution in [0.5, 0.6) is 0 Å². The molecule has 2 aliphatic rings. The van der Waals surface area contributed by atoms with E-state index in [4.69, 9.17) is 10.5 Å². The molecule has 1 fully saturated rings. The Bertz CT molecular complexity index is 820. The third kappa shape index (κ3) is 3.98. The zero-order chi connectivity index (χ0) is 19.4. The van der Waals surface area contributed by atoms with Crippen molar-refractivity contribution >= 4 is 29.3 Å². The van der Waals surface area contributed by atoms with E-state index in [9.17, 15) is 19.2 Å². The van der Waals surface area contributed by atoms with Crippen LogP contribution in [0.15, 0.2) is 30.5 Å². The highest BCUT2D eigenvalue weighted by Crippen LogP contribution is 2.32. The van der Waals surface area contributed by atoms with Crippen molar-refractivity contribution in [3.8, 4) is 0 Å². The molecule has 2 heterocycles. The smallest absolute Gasteiger partial charge is 0.255 e. The van der Waals surface area contributed by atoms with Gasteiger partial charge in [-0.1, -0.05) is 6.07 Å². The van der Waals surface area contributed by atoms with E-state index in [1.165, 1.54) is 17.2 Å². The highest BCUT2D eigenvalue weighted by atomic mass is 16.5. The lowest BCUT2D eigenvalue weighted by molar-refractivity contribution is -0.137. The number of carbonyl (C=O) groups excluding carboxylic acids is 4. The third-order valence-corrected chi connectivity index (χ3v) is 4.39. The average Bonchev–Trinajstić information content (AvgIpc) is 2.97. The summed E-state index contributed by atoms with van der Waals surface area (Å²) in [5, 5.41) is 4.97. The molecule has 142 valence electrons. The number of fused-ring (bicyclic) bond motifs is 1. The summed E-state index contributed by atoms with van der Waals surface area (Å²) in [6.45, 7) is 0.834. The van der Waals surface area contributed by atoms with Crippen LogP contribution in [0.25, 0.3) is 0 Å². The van der Waals surface area contributed by atoms with Gasteiger partial charge in [-0.05, 0) is 18.6 Å². The largest absolute Gasteiger partial charge is 0.500 e. The molecule has 0 saturated carbocycles. The normalized spacial score (nSPS) is 19.2. The number of ether oxygens (including phenoxy) is 1. The molecular weight excluding hydrogens is 352 g/mol. The summed E-state index contributed by atoms with van der Waals surface area (Å²) in [5.74, 6) is -1.51. The van der Waals surface area contributed by atoms with Crippen molar-refractivity contribution in [2.45, 2.75) is 25.4 Å². The maximum Gasteiger partial charge on any atom is 0.255 e. The summed E-state index contributed by atoms with van der Waals surface area (Å²) in [4.78, 5) is 49.6. The highest BCUT2D eigenvalue weighted by Gasteiger charge is 2.39. The molecule has 1 saturated heterocycles. The fraction of sp³-hybridized carbons (Fsp3) is 0.333. The van der Waals surface area contributed by atoms with Crippen LogP contribution in [0.4, 0.5) is 5.69 Å². The lowest BCUT2D eigenvalue weighted by Gasteiger charge is -2.29. The molecule has 0 bridgehead atoms. The van der Waals surface area contributed by atoms with Gasteiger partial charge in [-0.3, -0.25) is 24.5 Å². The monoisotopic (exact) mass is 372 g/mol. The minimum absolute atomic E-state index is 0.185. The molecule has 1 aromatic carbocycles. The molecule has 0 spiro atoms. The Morgan fingerprint density at radius 2 is 2.19 bits per heavy atom. The van der Waals surface area contributed by atoms with Crippen molar-refractivity contribution < 1.29 is 23.9 Å². The lowest BCUT2D eigenvalue weighted by Crippen LogP contribution is -2.52. The van der Waals surface area contributed by atoms with E-state index in [0.717, 1.165) is 0 Å². The molecule has 9 heteroatoms.